The highest BCUT2D eigenvalue weighted by molar-refractivity contribution is 6.07. The van der Waals surface area contributed by atoms with E-state index in [-0.39, 0.29) is 5.78 Å². The summed E-state index contributed by atoms with van der Waals surface area (Å²) in [4.78, 5) is 13.6. The Labute approximate surface area is 134 Å². The Hall–Kier alpha value is -2.67. The van der Waals surface area contributed by atoms with Gasteiger partial charge in [0.05, 0.1) is 19.9 Å². The molecule has 0 aliphatic carbocycles. The van der Waals surface area contributed by atoms with Crippen LogP contribution < -0.4 is 9.47 Å². The Morgan fingerprint density at radius 3 is 2.74 bits per heavy atom. The van der Waals surface area contributed by atoms with Crippen LogP contribution >= 0.6 is 0 Å². The number of benzene rings is 1. The minimum atomic E-state index is -0.155. The zero-order valence-corrected chi connectivity index (χ0v) is 13.4. The molecule has 7 heteroatoms. The summed E-state index contributed by atoms with van der Waals surface area (Å²) in [5, 5.41) is 8.01. The van der Waals surface area contributed by atoms with Gasteiger partial charge in [0.2, 0.25) is 0 Å². The summed E-state index contributed by atoms with van der Waals surface area (Å²) in [5.41, 5.74) is 1.12. The minimum Gasteiger partial charge on any atom is -0.493 e. The zero-order valence-electron chi connectivity index (χ0n) is 13.4. The van der Waals surface area contributed by atoms with Crippen molar-refractivity contribution in [3.05, 3.63) is 41.7 Å². The van der Waals surface area contributed by atoms with Gasteiger partial charge in [-0.05, 0) is 30.4 Å². The number of carbonyl (C=O) groups is 1. The third-order valence-corrected chi connectivity index (χ3v) is 3.02. The molecule has 0 aliphatic rings. The number of rotatable bonds is 8. The van der Waals surface area contributed by atoms with Crippen molar-refractivity contribution in [2.75, 3.05) is 27.4 Å². The molecule has 1 aromatic carbocycles. The molecule has 0 amide bonds. The Morgan fingerprint density at radius 2 is 2.09 bits per heavy atom. The standard InChI is InChI=1S/C16H19N3O4/c1-19-17-11-13(18-19)5-6-14(20)12-4-7-15(16(10-12)22-3)23-9-8-21-2/h4-7,10-11H,8-9H2,1-3H3. The van der Waals surface area contributed by atoms with Crippen molar-refractivity contribution < 1.29 is 19.0 Å². The third kappa shape index (κ3) is 4.65. The van der Waals surface area contributed by atoms with E-state index in [9.17, 15) is 4.79 Å². The van der Waals surface area contributed by atoms with Gasteiger partial charge in [0.1, 0.15) is 12.3 Å². The quantitative estimate of drug-likeness (QED) is 0.419. The van der Waals surface area contributed by atoms with E-state index >= 15 is 0 Å². The lowest BCUT2D eigenvalue weighted by atomic mass is 10.1. The van der Waals surface area contributed by atoms with E-state index in [1.807, 2.05) is 0 Å². The average molecular weight is 317 g/mol. The van der Waals surface area contributed by atoms with Crippen molar-refractivity contribution in [3.8, 4) is 11.5 Å². The summed E-state index contributed by atoms with van der Waals surface area (Å²) in [7, 11) is 4.85. The van der Waals surface area contributed by atoms with E-state index in [2.05, 4.69) is 10.2 Å². The van der Waals surface area contributed by atoms with Crippen LogP contribution in [0.5, 0.6) is 11.5 Å². The van der Waals surface area contributed by atoms with E-state index in [1.54, 1.807) is 44.6 Å². The maximum absolute atomic E-state index is 12.2. The monoisotopic (exact) mass is 317 g/mol. The second-order valence-corrected chi connectivity index (χ2v) is 4.66. The number of methoxy groups -OCH3 is 2. The van der Waals surface area contributed by atoms with Gasteiger partial charge in [-0.1, -0.05) is 0 Å². The number of hydrogen-bond acceptors (Lipinski definition) is 6. The first kappa shape index (κ1) is 16.7. The van der Waals surface area contributed by atoms with Gasteiger partial charge in [-0.3, -0.25) is 4.79 Å². The normalized spacial score (nSPS) is 10.9. The molecule has 0 unspecified atom stereocenters. The van der Waals surface area contributed by atoms with E-state index in [0.29, 0.717) is 36.0 Å². The van der Waals surface area contributed by atoms with Gasteiger partial charge >= 0.3 is 0 Å². The fourth-order valence-corrected chi connectivity index (χ4v) is 1.87. The van der Waals surface area contributed by atoms with Crippen LogP contribution in [0.3, 0.4) is 0 Å². The molecule has 2 aromatic rings. The molecule has 0 radical (unpaired) electrons. The predicted molar refractivity (Wildman–Crippen MR) is 84.7 cm³/mol. The van der Waals surface area contributed by atoms with Gasteiger partial charge in [0.25, 0.3) is 0 Å². The number of nitrogens with zero attached hydrogens (tertiary/aromatic N) is 3. The van der Waals surface area contributed by atoms with Gasteiger partial charge in [-0.15, -0.1) is 0 Å². The zero-order chi connectivity index (χ0) is 16.7. The van der Waals surface area contributed by atoms with Gasteiger partial charge < -0.3 is 14.2 Å². The first-order chi connectivity index (χ1) is 11.1. The molecular weight excluding hydrogens is 298 g/mol. The van der Waals surface area contributed by atoms with Gasteiger partial charge in [0, 0.05) is 19.7 Å². The highest BCUT2D eigenvalue weighted by atomic mass is 16.5. The SMILES string of the molecule is COCCOc1ccc(C(=O)C=Cc2cnn(C)n2)cc1OC. The topological polar surface area (TPSA) is 75.5 Å². The number of ketones is 1. The van der Waals surface area contributed by atoms with Crippen LogP contribution in [0.2, 0.25) is 0 Å². The molecule has 0 aliphatic heterocycles. The second-order valence-electron chi connectivity index (χ2n) is 4.66. The summed E-state index contributed by atoms with van der Waals surface area (Å²) in [5.74, 6) is 0.913. The van der Waals surface area contributed by atoms with E-state index in [0.717, 1.165) is 0 Å². The van der Waals surface area contributed by atoms with E-state index in [4.69, 9.17) is 14.2 Å². The fraction of sp³-hybridized carbons (Fsp3) is 0.312. The van der Waals surface area contributed by atoms with Crippen LogP contribution in [0, 0.1) is 0 Å². The summed E-state index contributed by atoms with van der Waals surface area (Å²) in [6.07, 6.45) is 4.64. The maximum Gasteiger partial charge on any atom is 0.186 e. The van der Waals surface area contributed by atoms with Crippen LogP contribution in [0.25, 0.3) is 6.08 Å². The molecule has 0 saturated heterocycles. The van der Waals surface area contributed by atoms with Crippen molar-refractivity contribution in [1.82, 2.24) is 15.0 Å². The Kier molecular flexibility index (Phi) is 5.87. The van der Waals surface area contributed by atoms with Crippen molar-refractivity contribution >= 4 is 11.9 Å². The van der Waals surface area contributed by atoms with Gasteiger partial charge in [-0.25, -0.2) is 0 Å². The minimum absolute atomic E-state index is 0.155. The number of aryl methyl sites for hydroxylation is 1. The Bertz CT molecular complexity index is 694. The highest BCUT2D eigenvalue weighted by Gasteiger charge is 2.09. The molecule has 1 aromatic heterocycles. The number of ether oxygens (including phenoxy) is 3. The maximum atomic E-state index is 12.2. The molecule has 1 heterocycles. The van der Waals surface area contributed by atoms with Crippen molar-refractivity contribution in [1.29, 1.82) is 0 Å². The molecule has 7 nitrogen and oxygen atoms in total. The van der Waals surface area contributed by atoms with Crippen molar-refractivity contribution in [2.45, 2.75) is 0 Å². The third-order valence-electron chi connectivity index (χ3n) is 3.02. The number of carbonyl (C=O) groups excluding carboxylic acids is 1. The fourth-order valence-electron chi connectivity index (χ4n) is 1.87. The smallest absolute Gasteiger partial charge is 0.186 e. The van der Waals surface area contributed by atoms with Crippen LogP contribution in [0.1, 0.15) is 16.1 Å². The van der Waals surface area contributed by atoms with Crippen LogP contribution in [-0.4, -0.2) is 48.2 Å². The van der Waals surface area contributed by atoms with Crippen LogP contribution in [0.4, 0.5) is 0 Å². The summed E-state index contributed by atoms with van der Waals surface area (Å²) in [6, 6.07) is 5.04. The first-order valence-electron chi connectivity index (χ1n) is 7.02. The molecule has 23 heavy (non-hydrogen) atoms. The molecule has 2 rings (SSSR count). The molecule has 0 saturated carbocycles. The lowest BCUT2D eigenvalue weighted by molar-refractivity contribution is 0.104. The molecule has 0 fully saturated rings. The lowest BCUT2D eigenvalue weighted by Gasteiger charge is -2.11. The predicted octanol–water partition coefficient (Wildman–Crippen LogP) is 1.75. The van der Waals surface area contributed by atoms with Gasteiger partial charge in [-0.2, -0.15) is 15.0 Å². The van der Waals surface area contributed by atoms with Crippen molar-refractivity contribution in [2.24, 2.45) is 7.05 Å². The highest BCUT2D eigenvalue weighted by Crippen LogP contribution is 2.28. The molecule has 0 atom stereocenters. The number of aromatic nitrogens is 3. The number of allylic oxidation sites excluding steroid dienone is 1. The molecule has 0 N–H and O–H groups in total. The van der Waals surface area contributed by atoms with E-state index in [1.165, 1.54) is 18.0 Å². The molecule has 0 bridgehead atoms. The van der Waals surface area contributed by atoms with Crippen LogP contribution in [-0.2, 0) is 11.8 Å². The van der Waals surface area contributed by atoms with E-state index < -0.39 is 0 Å². The molecule has 122 valence electrons. The van der Waals surface area contributed by atoms with Crippen LogP contribution in [0.15, 0.2) is 30.5 Å². The Morgan fingerprint density at radius 1 is 1.26 bits per heavy atom. The largest absolute Gasteiger partial charge is 0.493 e. The summed E-state index contributed by atoms with van der Waals surface area (Å²) >= 11 is 0. The second kappa shape index (κ2) is 8.09. The Balaban J connectivity index is 2.09. The van der Waals surface area contributed by atoms with Gasteiger partial charge in [0.15, 0.2) is 17.3 Å². The molecular formula is C16H19N3O4. The summed E-state index contributed by atoms with van der Waals surface area (Å²) in [6.45, 7) is 0.886. The van der Waals surface area contributed by atoms with Crippen molar-refractivity contribution in [3.63, 3.8) is 0 Å². The average Bonchev–Trinajstić information content (AvgIpc) is 2.98. The lowest BCUT2D eigenvalue weighted by Crippen LogP contribution is -2.06. The first-order valence-corrected chi connectivity index (χ1v) is 7.02. The summed E-state index contributed by atoms with van der Waals surface area (Å²) < 4.78 is 15.7. The number of hydrogen-bond donors (Lipinski definition) is 0. The molecule has 0 spiro atoms.